The summed E-state index contributed by atoms with van der Waals surface area (Å²) < 4.78 is 0. The average molecular weight is 249 g/mol. The molecule has 0 aliphatic carbocycles. The molecule has 4 nitrogen and oxygen atoms in total. The van der Waals surface area contributed by atoms with Gasteiger partial charge in [0.2, 0.25) is 5.91 Å². The lowest BCUT2D eigenvalue weighted by molar-refractivity contribution is -0.116. The van der Waals surface area contributed by atoms with Gasteiger partial charge in [0.05, 0.1) is 0 Å². The summed E-state index contributed by atoms with van der Waals surface area (Å²) in [5.41, 5.74) is 13.6. The number of nitrogens with two attached hydrogens (primary N) is 2. The van der Waals surface area contributed by atoms with Crippen molar-refractivity contribution in [2.24, 2.45) is 5.73 Å². The second-order valence-corrected chi connectivity index (χ2v) is 4.58. The normalized spacial score (nSPS) is 10.3. The second kappa shape index (κ2) is 7.71. The molecular weight excluding hydrogens is 226 g/mol. The molecule has 1 aromatic rings. The van der Waals surface area contributed by atoms with Crippen molar-refractivity contribution in [2.45, 2.75) is 39.0 Å². The van der Waals surface area contributed by atoms with Gasteiger partial charge in [-0.2, -0.15) is 0 Å². The Morgan fingerprint density at radius 2 is 1.94 bits per heavy atom. The van der Waals surface area contributed by atoms with Gasteiger partial charge in [0.15, 0.2) is 0 Å². The first kappa shape index (κ1) is 14.5. The van der Waals surface area contributed by atoms with E-state index in [0.717, 1.165) is 43.5 Å². The first-order valence-corrected chi connectivity index (χ1v) is 6.49. The fraction of sp³-hybridized carbons (Fsp3) is 0.500. The van der Waals surface area contributed by atoms with Gasteiger partial charge in [-0.15, -0.1) is 0 Å². The Morgan fingerprint density at radius 1 is 1.22 bits per heavy atom. The van der Waals surface area contributed by atoms with Gasteiger partial charge in [-0.3, -0.25) is 4.79 Å². The van der Waals surface area contributed by atoms with Gasteiger partial charge in [-0.25, -0.2) is 0 Å². The second-order valence-electron chi connectivity index (χ2n) is 4.58. The van der Waals surface area contributed by atoms with Crippen molar-refractivity contribution in [1.82, 2.24) is 0 Å². The van der Waals surface area contributed by atoms with E-state index in [1.54, 1.807) is 6.07 Å². The first-order chi connectivity index (χ1) is 8.63. The van der Waals surface area contributed by atoms with Crippen LogP contribution < -0.4 is 16.8 Å². The molecule has 0 saturated heterocycles. The number of nitrogens with one attached hydrogen (secondary N) is 1. The van der Waals surface area contributed by atoms with Crippen LogP contribution in [0.3, 0.4) is 0 Å². The Morgan fingerprint density at radius 3 is 2.67 bits per heavy atom. The topological polar surface area (TPSA) is 81.1 Å². The molecule has 0 saturated carbocycles. The zero-order valence-corrected chi connectivity index (χ0v) is 11.0. The number of rotatable bonds is 7. The van der Waals surface area contributed by atoms with Crippen LogP contribution in [0.4, 0.5) is 11.4 Å². The number of hydrogen-bond donors (Lipinski definition) is 3. The summed E-state index contributed by atoms with van der Waals surface area (Å²) in [6.45, 7) is 2.69. The minimum absolute atomic E-state index is 0.0523. The molecule has 5 N–H and O–H groups in total. The Labute approximate surface area is 109 Å². The molecule has 0 atom stereocenters. The van der Waals surface area contributed by atoms with Gasteiger partial charge in [0.25, 0.3) is 0 Å². The lowest BCUT2D eigenvalue weighted by Crippen LogP contribution is -2.12. The molecule has 1 amide bonds. The summed E-state index contributed by atoms with van der Waals surface area (Å²) in [4.78, 5) is 11.7. The van der Waals surface area contributed by atoms with Crippen molar-refractivity contribution in [3.8, 4) is 0 Å². The highest BCUT2D eigenvalue weighted by Crippen LogP contribution is 2.18. The molecule has 0 heterocycles. The highest BCUT2D eigenvalue weighted by molar-refractivity contribution is 5.91. The number of carbonyl (C=O) groups is 1. The minimum atomic E-state index is 0.0523. The van der Waals surface area contributed by atoms with Gasteiger partial charge in [0.1, 0.15) is 0 Å². The molecule has 0 aromatic heterocycles. The predicted molar refractivity (Wildman–Crippen MR) is 76.4 cm³/mol. The zero-order valence-electron chi connectivity index (χ0n) is 11.0. The molecule has 0 aliphatic rings. The fourth-order valence-corrected chi connectivity index (χ4v) is 1.77. The standard InChI is InChI=1S/C14H23N3O/c1-11-7-8-12(16)10-13(11)17-14(18)6-4-2-3-5-9-15/h7-8,10H,2-6,9,15-16H2,1H3,(H,17,18). The molecule has 1 rings (SSSR count). The maximum atomic E-state index is 11.7. The van der Waals surface area contributed by atoms with Gasteiger partial charge in [0, 0.05) is 17.8 Å². The summed E-state index contributed by atoms with van der Waals surface area (Å²) in [5.74, 6) is 0.0523. The molecule has 0 radical (unpaired) electrons. The molecule has 4 heteroatoms. The van der Waals surface area contributed by atoms with E-state index in [4.69, 9.17) is 11.5 Å². The number of aryl methyl sites for hydroxylation is 1. The summed E-state index contributed by atoms with van der Waals surface area (Å²) in [5, 5.41) is 2.90. The van der Waals surface area contributed by atoms with Gasteiger partial charge < -0.3 is 16.8 Å². The number of benzene rings is 1. The molecule has 0 spiro atoms. The number of nitrogen functional groups attached to an aromatic ring is 1. The van der Waals surface area contributed by atoms with E-state index >= 15 is 0 Å². The van der Waals surface area contributed by atoms with Crippen LogP contribution in [-0.2, 0) is 4.79 Å². The maximum Gasteiger partial charge on any atom is 0.224 e. The predicted octanol–water partition coefficient (Wildman–Crippen LogP) is 2.42. The van der Waals surface area contributed by atoms with Crippen LogP contribution in [0, 0.1) is 6.92 Å². The average Bonchev–Trinajstić information content (AvgIpc) is 2.33. The molecule has 0 bridgehead atoms. The molecule has 100 valence electrons. The van der Waals surface area contributed by atoms with E-state index in [-0.39, 0.29) is 5.91 Å². The number of hydrogen-bond acceptors (Lipinski definition) is 3. The van der Waals surface area contributed by atoms with Crippen LogP contribution in [0.15, 0.2) is 18.2 Å². The van der Waals surface area contributed by atoms with Crippen molar-refractivity contribution in [2.75, 3.05) is 17.6 Å². The molecule has 0 aliphatic heterocycles. The van der Waals surface area contributed by atoms with Crippen LogP contribution in [0.25, 0.3) is 0 Å². The number of anilines is 2. The van der Waals surface area contributed by atoms with Crippen LogP contribution >= 0.6 is 0 Å². The fourth-order valence-electron chi connectivity index (χ4n) is 1.77. The Kier molecular flexibility index (Phi) is 6.22. The Hall–Kier alpha value is -1.55. The lowest BCUT2D eigenvalue weighted by Gasteiger charge is -2.09. The maximum absolute atomic E-state index is 11.7. The Bertz CT molecular complexity index is 391. The number of unbranched alkanes of at least 4 members (excludes halogenated alkanes) is 3. The molecule has 0 fully saturated rings. The van der Waals surface area contributed by atoms with Gasteiger partial charge in [-0.1, -0.05) is 18.9 Å². The van der Waals surface area contributed by atoms with E-state index in [1.165, 1.54) is 0 Å². The summed E-state index contributed by atoms with van der Waals surface area (Å²) in [7, 11) is 0. The van der Waals surface area contributed by atoms with Crippen LogP contribution in [0.2, 0.25) is 0 Å². The molecular formula is C14H23N3O. The molecule has 1 aromatic carbocycles. The number of amides is 1. The van der Waals surface area contributed by atoms with Crippen LogP contribution in [0.5, 0.6) is 0 Å². The van der Waals surface area contributed by atoms with Crippen LogP contribution in [0.1, 0.15) is 37.7 Å². The van der Waals surface area contributed by atoms with E-state index in [2.05, 4.69) is 5.32 Å². The SMILES string of the molecule is Cc1ccc(N)cc1NC(=O)CCCCCCN. The zero-order chi connectivity index (χ0) is 13.4. The van der Waals surface area contributed by atoms with Gasteiger partial charge in [-0.05, 0) is 44.0 Å². The van der Waals surface area contributed by atoms with Crippen molar-refractivity contribution >= 4 is 17.3 Å². The summed E-state index contributed by atoms with van der Waals surface area (Å²) in [6.07, 6.45) is 4.66. The third kappa shape index (κ3) is 5.19. The van der Waals surface area contributed by atoms with Crippen molar-refractivity contribution in [1.29, 1.82) is 0 Å². The van der Waals surface area contributed by atoms with Crippen molar-refractivity contribution in [3.05, 3.63) is 23.8 Å². The number of carbonyl (C=O) groups excluding carboxylic acids is 1. The molecule has 0 unspecified atom stereocenters. The van der Waals surface area contributed by atoms with Crippen LogP contribution in [-0.4, -0.2) is 12.5 Å². The van der Waals surface area contributed by atoms with E-state index in [0.29, 0.717) is 12.1 Å². The largest absolute Gasteiger partial charge is 0.399 e. The first-order valence-electron chi connectivity index (χ1n) is 6.49. The lowest BCUT2D eigenvalue weighted by atomic mass is 10.1. The summed E-state index contributed by atoms with van der Waals surface area (Å²) >= 11 is 0. The van der Waals surface area contributed by atoms with E-state index in [9.17, 15) is 4.79 Å². The quantitative estimate of drug-likeness (QED) is 0.513. The van der Waals surface area contributed by atoms with E-state index in [1.807, 2.05) is 19.1 Å². The third-order valence-electron chi connectivity index (χ3n) is 2.89. The highest BCUT2D eigenvalue weighted by atomic mass is 16.1. The highest BCUT2D eigenvalue weighted by Gasteiger charge is 2.04. The summed E-state index contributed by atoms with van der Waals surface area (Å²) in [6, 6.07) is 5.53. The smallest absolute Gasteiger partial charge is 0.224 e. The molecule has 18 heavy (non-hydrogen) atoms. The van der Waals surface area contributed by atoms with Crippen molar-refractivity contribution < 1.29 is 4.79 Å². The third-order valence-corrected chi connectivity index (χ3v) is 2.89. The van der Waals surface area contributed by atoms with E-state index < -0.39 is 0 Å². The minimum Gasteiger partial charge on any atom is -0.399 e. The van der Waals surface area contributed by atoms with Crippen molar-refractivity contribution in [3.63, 3.8) is 0 Å². The Balaban J connectivity index is 2.33. The van der Waals surface area contributed by atoms with Gasteiger partial charge >= 0.3 is 0 Å². The monoisotopic (exact) mass is 249 g/mol.